The minimum Gasteiger partial charge on any atom is -0.369 e. The number of rotatable bonds is 8. The lowest BCUT2D eigenvalue weighted by Gasteiger charge is -2.10. The van der Waals surface area contributed by atoms with E-state index in [1.54, 1.807) is 26.1 Å². The van der Waals surface area contributed by atoms with Gasteiger partial charge in [0.1, 0.15) is 28.7 Å². The van der Waals surface area contributed by atoms with Gasteiger partial charge in [0.05, 0.1) is 11.4 Å². The quantitative estimate of drug-likeness (QED) is 0.417. The molecule has 3 aromatic heterocycles. The van der Waals surface area contributed by atoms with Gasteiger partial charge in [-0.3, -0.25) is 5.10 Å². The second-order valence-electron chi connectivity index (χ2n) is 6.22. The minimum absolute atomic E-state index is 0.187. The smallest absolute Gasteiger partial charge is 0.244 e. The van der Waals surface area contributed by atoms with Crippen LogP contribution in [0.4, 0.5) is 17.5 Å². The maximum absolute atomic E-state index is 12.4. The Balaban J connectivity index is 1.55. The summed E-state index contributed by atoms with van der Waals surface area (Å²) in [7, 11) is -3.62. The topological polar surface area (TPSA) is 138 Å². The van der Waals surface area contributed by atoms with Gasteiger partial charge in [0.2, 0.25) is 10.0 Å². The van der Waals surface area contributed by atoms with Crippen molar-refractivity contribution in [3.8, 4) is 0 Å². The first-order chi connectivity index (χ1) is 13.3. The number of nitrogens with zero attached hydrogens (tertiary/aromatic N) is 4. The molecule has 0 aromatic carbocycles. The number of aromatic amines is 1. The van der Waals surface area contributed by atoms with Crippen LogP contribution in [0.25, 0.3) is 0 Å². The SMILES string of the molecule is Cc1ccnc(Nc2cc(NCCNS(=O)(=O)c3c(C)n[nH]c3C)ncn2)c1. The highest BCUT2D eigenvalue weighted by Crippen LogP contribution is 2.16. The zero-order chi connectivity index (χ0) is 20.1. The highest BCUT2D eigenvalue weighted by molar-refractivity contribution is 7.89. The lowest BCUT2D eigenvalue weighted by molar-refractivity contribution is 0.581. The second-order valence-corrected chi connectivity index (χ2v) is 7.92. The van der Waals surface area contributed by atoms with Crippen molar-refractivity contribution in [2.45, 2.75) is 25.7 Å². The Hall–Kier alpha value is -3.05. The highest BCUT2D eigenvalue weighted by atomic mass is 32.2. The Morgan fingerprint density at radius 1 is 1.00 bits per heavy atom. The predicted octanol–water partition coefficient (Wildman–Crippen LogP) is 1.65. The van der Waals surface area contributed by atoms with Crippen LogP contribution in [0.1, 0.15) is 17.0 Å². The van der Waals surface area contributed by atoms with Gasteiger partial charge in [-0.05, 0) is 38.5 Å². The maximum Gasteiger partial charge on any atom is 0.244 e. The monoisotopic (exact) mass is 402 g/mol. The third-order valence-electron chi connectivity index (χ3n) is 3.89. The number of aryl methyl sites for hydroxylation is 3. The third-order valence-corrected chi connectivity index (χ3v) is 5.61. The number of aromatic nitrogens is 5. The van der Waals surface area contributed by atoms with Gasteiger partial charge < -0.3 is 10.6 Å². The van der Waals surface area contributed by atoms with E-state index in [0.717, 1.165) is 5.56 Å². The number of anilines is 3. The summed E-state index contributed by atoms with van der Waals surface area (Å²) in [6.07, 6.45) is 3.14. The molecule has 0 saturated heterocycles. The van der Waals surface area contributed by atoms with Crippen LogP contribution in [0, 0.1) is 20.8 Å². The molecule has 10 nitrogen and oxygen atoms in total. The summed E-state index contributed by atoms with van der Waals surface area (Å²) in [6, 6.07) is 5.54. The lowest BCUT2D eigenvalue weighted by Crippen LogP contribution is -2.29. The summed E-state index contributed by atoms with van der Waals surface area (Å²) in [4.78, 5) is 12.7. The van der Waals surface area contributed by atoms with Gasteiger partial charge >= 0.3 is 0 Å². The molecule has 0 aliphatic carbocycles. The van der Waals surface area contributed by atoms with Crippen LogP contribution in [0.5, 0.6) is 0 Å². The number of pyridine rings is 1. The third kappa shape index (κ3) is 4.81. The van der Waals surface area contributed by atoms with Crippen LogP contribution in [0.2, 0.25) is 0 Å². The molecule has 4 N–H and O–H groups in total. The fourth-order valence-corrected chi connectivity index (χ4v) is 4.04. The van der Waals surface area contributed by atoms with Gasteiger partial charge in [-0.25, -0.2) is 28.1 Å². The molecule has 0 unspecified atom stereocenters. The summed E-state index contributed by atoms with van der Waals surface area (Å²) in [5, 5.41) is 12.8. The van der Waals surface area contributed by atoms with E-state index in [1.165, 1.54) is 6.33 Å². The molecule has 11 heteroatoms. The molecular weight excluding hydrogens is 380 g/mol. The van der Waals surface area contributed by atoms with E-state index in [-0.39, 0.29) is 11.4 Å². The van der Waals surface area contributed by atoms with E-state index in [0.29, 0.717) is 35.4 Å². The molecule has 0 amide bonds. The Bertz CT molecular complexity index is 1050. The van der Waals surface area contributed by atoms with Gasteiger partial charge in [0.25, 0.3) is 0 Å². The van der Waals surface area contributed by atoms with Crippen LogP contribution in [-0.2, 0) is 10.0 Å². The van der Waals surface area contributed by atoms with Crippen molar-refractivity contribution >= 4 is 27.5 Å². The molecule has 0 saturated carbocycles. The summed E-state index contributed by atoms with van der Waals surface area (Å²) < 4.78 is 27.3. The van der Waals surface area contributed by atoms with Crippen LogP contribution in [0.15, 0.2) is 35.6 Å². The Kier molecular flexibility index (Phi) is 5.85. The summed E-state index contributed by atoms with van der Waals surface area (Å²) in [6.45, 7) is 5.85. The average Bonchev–Trinajstić information content (AvgIpc) is 2.98. The number of nitrogens with one attached hydrogen (secondary N) is 4. The van der Waals surface area contributed by atoms with Gasteiger partial charge in [-0.15, -0.1) is 0 Å². The Morgan fingerprint density at radius 3 is 2.46 bits per heavy atom. The summed E-state index contributed by atoms with van der Waals surface area (Å²) in [5.74, 6) is 1.84. The summed E-state index contributed by atoms with van der Waals surface area (Å²) >= 11 is 0. The van der Waals surface area contributed by atoms with E-state index < -0.39 is 10.0 Å². The van der Waals surface area contributed by atoms with E-state index in [9.17, 15) is 8.42 Å². The van der Waals surface area contributed by atoms with E-state index in [2.05, 4.69) is 40.5 Å². The normalized spacial score (nSPS) is 11.4. The molecule has 0 radical (unpaired) electrons. The largest absolute Gasteiger partial charge is 0.369 e. The van der Waals surface area contributed by atoms with Gasteiger partial charge in [0.15, 0.2) is 0 Å². The molecule has 0 bridgehead atoms. The van der Waals surface area contributed by atoms with Crippen molar-refractivity contribution in [1.82, 2.24) is 29.9 Å². The van der Waals surface area contributed by atoms with Crippen LogP contribution >= 0.6 is 0 Å². The second kappa shape index (κ2) is 8.31. The molecule has 3 aromatic rings. The molecule has 3 heterocycles. The molecule has 0 spiro atoms. The van der Waals surface area contributed by atoms with Crippen molar-refractivity contribution in [2.75, 3.05) is 23.7 Å². The van der Waals surface area contributed by atoms with Gasteiger partial charge in [-0.1, -0.05) is 0 Å². The minimum atomic E-state index is -3.62. The Morgan fingerprint density at radius 2 is 1.75 bits per heavy atom. The number of H-pyrrole nitrogens is 1. The first kappa shape index (κ1) is 19.7. The van der Waals surface area contributed by atoms with E-state index in [4.69, 9.17) is 0 Å². The predicted molar refractivity (Wildman–Crippen MR) is 106 cm³/mol. The van der Waals surface area contributed by atoms with Crippen LogP contribution in [-0.4, -0.2) is 46.7 Å². The maximum atomic E-state index is 12.4. The molecule has 0 aliphatic heterocycles. The molecule has 0 fully saturated rings. The first-order valence-electron chi connectivity index (χ1n) is 8.62. The van der Waals surface area contributed by atoms with Crippen molar-refractivity contribution in [2.24, 2.45) is 0 Å². The van der Waals surface area contributed by atoms with Gasteiger partial charge in [-0.2, -0.15) is 5.10 Å². The lowest BCUT2D eigenvalue weighted by atomic mass is 10.3. The first-order valence-corrected chi connectivity index (χ1v) is 10.1. The summed E-state index contributed by atoms with van der Waals surface area (Å²) in [5.41, 5.74) is 2.03. The fourth-order valence-electron chi connectivity index (χ4n) is 2.64. The number of hydrogen-bond acceptors (Lipinski definition) is 8. The fraction of sp³-hybridized carbons (Fsp3) is 0.294. The standard InChI is InChI=1S/C17H22N8O2S/c1-11-4-5-18-15(8-11)23-16-9-14(20-10-21-16)19-6-7-22-28(26,27)17-12(2)24-25-13(17)3/h4-5,8-10,22H,6-7H2,1-3H3,(H,24,25)(H2,18,19,20,21,23). The average molecular weight is 402 g/mol. The molecule has 0 aliphatic rings. The van der Waals surface area contributed by atoms with E-state index in [1.807, 2.05) is 19.1 Å². The number of sulfonamides is 1. The number of hydrogen-bond donors (Lipinski definition) is 4. The van der Waals surface area contributed by atoms with Crippen molar-refractivity contribution < 1.29 is 8.42 Å². The van der Waals surface area contributed by atoms with Crippen molar-refractivity contribution in [1.29, 1.82) is 0 Å². The molecule has 3 rings (SSSR count). The van der Waals surface area contributed by atoms with Crippen molar-refractivity contribution in [3.63, 3.8) is 0 Å². The zero-order valence-corrected chi connectivity index (χ0v) is 16.6. The molecule has 28 heavy (non-hydrogen) atoms. The van der Waals surface area contributed by atoms with Gasteiger partial charge in [0, 0.05) is 25.4 Å². The van der Waals surface area contributed by atoms with Crippen molar-refractivity contribution in [3.05, 3.63) is 47.7 Å². The molecular formula is C17H22N8O2S. The van der Waals surface area contributed by atoms with E-state index >= 15 is 0 Å². The molecule has 148 valence electrons. The zero-order valence-electron chi connectivity index (χ0n) is 15.8. The molecule has 0 atom stereocenters. The highest BCUT2D eigenvalue weighted by Gasteiger charge is 2.21. The Labute approximate surface area is 163 Å². The van der Waals surface area contributed by atoms with Crippen LogP contribution < -0.4 is 15.4 Å². The van der Waals surface area contributed by atoms with Crippen LogP contribution in [0.3, 0.4) is 0 Å².